The van der Waals surface area contributed by atoms with Gasteiger partial charge in [-0.1, -0.05) is 72.1 Å². The summed E-state index contributed by atoms with van der Waals surface area (Å²) in [5.41, 5.74) is 0. The zero-order valence-corrected chi connectivity index (χ0v) is 12.5. The van der Waals surface area contributed by atoms with Gasteiger partial charge in [-0.2, -0.15) is 0 Å². The van der Waals surface area contributed by atoms with Crippen LogP contribution in [0.4, 0.5) is 0 Å². The van der Waals surface area contributed by atoms with Gasteiger partial charge in [-0.15, -0.1) is 0 Å². The van der Waals surface area contributed by atoms with Gasteiger partial charge in [0.05, 0.1) is 0 Å². The van der Waals surface area contributed by atoms with Gasteiger partial charge < -0.3 is 4.74 Å². The van der Waals surface area contributed by atoms with E-state index < -0.39 is 0 Å². The van der Waals surface area contributed by atoms with Gasteiger partial charge in [-0.3, -0.25) is 0 Å². The SMILES string of the molecule is CCCCCCCCOCC(CC)CCCC. The Hall–Kier alpha value is -0.0400. The molecular formula is C16H34O. The molecule has 1 unspecified atom stereocenters. The van der Waals surface area contributed by atoms with Crippen molar-refractivity contribution in [3.8, 4) is 0 Å². The lowest BCUT2D eigenvalue weighted by Crippen LogP contribution is -2.09. The van der Waals surface area contributed by atoms with E-state index in [9.17, 15) is 0 Å². The molecule has 0 saturated carbocycles. The van der Waals surface area contributed by atoms with E-state index in [0.717, 1.165) is 19.1 Å². The lowest BCUT2D eigenvalue weighted by molar-refractivity contribution is 0.0908. The fraction of sp³-hybridized carbons (Fsp3) is 1.00. The minimum atomic E-state index is 0.801. The topological polar surface area (TPSA) is 9.23 Å². The van der Waals surface area contributed by atoms with Crippen molar-refractivity contribution in [1.82, 2.24) is 0 Å². The van der Waals surface area contributed by atoms with Crippen molar-refractivity contribution < 1.29 is 4.74 Å². The summed E-state index contributed by atoms with van der Waals surface area (Å²) < 4.78 is 5.79. The highest BCUT2D eigenvalue weighted by atomic mass is 16.5. The van der Waals surface area contributed by atoms with Crippen molar-refractivity contribution >= 4 is 0 Å². The molecule has 0 aliphatic carbocycles. The van der Waals surface area contributed by atoms with Crippen LogP contribution in [-0.4, -0.2) is 13.2 Å². The van der Waals surface area contributed by atoms with Gasteiger partial charge in [0.2, 0.25) is 0 Å². The third-order valence-electron chi connectivity index (χ3n) is 3.54. The average molecular weight is 242 g/mol. The minimum Gasteiger partial charge on any atom is -0.381 e. The summed E-state index contributed by atoms with van der Waals surface area (Å²) in [6.07, 6.45) is 13.4. The van der Waals surface area contributed by atoms with Gasteiger partial charge in [-0.05, 0) is 18.8 Å². The number of unbranched alkanes of at least 4 members (excludes halogenated alkanes) is 6. The number of hydrogen-bond acceptors (Lipinski definition) is 1. The molecule has 0 aliphatic rings. The first-order valence-corrected chi connectivity index (χ1v) is 7.92. The Morgan fingerprint density at radius 2 is 1.41 bits per heavy atom. The van der Waals surface area contributed by atoms with Gasteiger partial charge in [-0.25, -0.2) is 0 Å². The molecule has 0 fully saturated rings. The van der Waals surface area contributed by atoms with E-state index in [1.54, 1.807) is 0 Å². The van der Waals surface area contributed by atoms with Crippen LogP contribution in [0.15, 0.2) is 0 Å². The summed E-state index contributed by atoms with van der Waals surface area (Å²) in [5, 5.41) is 0. The van der Waals surface area contributed by atoms with Crippen LogP contribution in [-0.2, 0) is 4.74 Å². The average Bonchev–Trinajstić information content (AvgIpc) is 2.36. The largest absolute Gasteiger partial charge is 0.381 e. The molecule has 0 aromatic carbocycles. The van der Waals surface area contributed by atoms with Crippen molar-refractivity contribution in [2.75, 3.05) is 13.2 Å². The quantitative estimate of drug-likeness (QED) is 0.383. The minimum absolute atomic E-state index is 0.801. The Kier molecular flexibility index (Phi) is 14.0. The highest BCUT2D eigenvalue weighted by Gasteiger charge is 2.05. The van der Waals surface area contributed by atoms with E-state index in [4.69, 9.17) is 4.74 Å². The van der Waals surface area contributed by atoms with Crippen LogP contribution in [0, 0.1) is 5.92 Å². The predicted molar refractivity (Wildman–Crippen MR) is 77.5 cm³/mol. The Morgan fingerprint density at radius 3 is 2.06 bits per heavy atom. The van der Waals surface area contributed by atoms with Gasteiger partial charge in [0.15, 0.2) is 0 Å². The first-order chi connectivity index (χ1) is 8.35. The fourth-order valence-electron chi connectivity index (χ4n) is 2.13. The van der Waals surface area contributed by atoms with E-state index in [0.29, 0.717) is 0 Å². The molecule has 0 N–H and O–H groups in total. The number of rotatable bonds is 13. The maximum Gasteiger partial charge on any atom is 0.0494 e. The summed E-state index contributed by atoms with van der Waals surface area (Å²) in [5.74, 6) is 0.801. The molecule has 0 heterocycles. The number of hydrogen-bond donors (Lipinski definition) is 0. The molecule has 17 heavy (non-hydrogen) atoms. The maximum absolute atomic E-state index is 5.79. The lowest BCUT2D eigenvalue weighted by atomic mass is 10.0. The number of ether oxygens (including phenoxy) is 1. The second-order valence-electron chi connectivity index (χ2n) is 5.26. The molecule has 0 aromatic rings. The second kappa shape index (κ2) is 14.0. The van der Waals surface area contributed by atoms with Gasteiger partial charge in [0.1, 0.15) is 0 Å². The molecule has 0 amide bonds. The molecule has 0 aromatic heterocycles. The summed E-state index contributed by atoms with van der Waals surface area (Å²) in [6.45, 7) is 8.79. The second-order valence-corrected chi connectivity index (χ2v) is 5.26. The summed E-state index contributed by atoms with van der Waals surface area (Å²) in [7, 11) is 0. The molecule has 1 nitrogen and oxygen atoms in total. The van der Waals surface area contributed by atoms with Crippen molar-refractivity contribution in [2.24, 2.45) is 5.92 Å². The smallest absolute Gasteiger partial charge is 0.0494 e. The van der Waals surface area contributed by atoms with Gasteiger partial charge in [0, 0.05) is 13.2 Å². The monoisotopic (exact) mass is 242 g/mol. The third-order valence-corrected chi connectivity index (χ3v) is 3.54. The Balaban J connectivity index is 3.19. The van der Waals surface area contributed by atoms with E-state index in [1.165, 1.54) is 64.2 Å². The molecule has 1 atom stereocenters. The molecule has 0 spiro atoms. The maximum atomic E-state index is 5.79. The van der Waals surface area contributed by atoms with E-state index >= 15 is 0 Å². The van der Waals surface area contributed by atoms with Crippen LogP contribution in [0.2, 0.25) is 0 Å². The van der Waals surface area contributed by atoms with Crippen molar-refractivity contribution in [1.29, 1.82) is 0 Å². The third kappa shape index (κ3) is 12.2. The van der Waals surface area contributed by atoms with E-state index in [1.807, 2.05) is 0 Å². The highest BCUT2D eigenvalue weighted by molar-refractivity contribution is 4.56. The zero-order valence-electron chi connectivity index (χ0n) is 12.5. The standard InChI is InChI=1S/C16H34O/c1-4-7-9-10-11-12-14-17-15-16(6-3)13-8-5-2/h16H,4-15H2,1-3H3. The van der Waals surface area contributed by atoms with Gasteiger partial charge in [0.25, 0.3) is 0 Å². The van der Waals surface area contributed by atoms with Crippen LogP contribution in [0.1, 0.15) is 85.0 Å². The van der Waals surface area contributed by atoms with Crippen molar-refractivity contribution in [2.45, 2.75) is 85.0 Å². The molecule has 0 saturated heterocycles. The Labute approximate surface area is 109 Å². The Morgan fingerprint density at radius 1 is 0.765 bits per heavy atom. The van der Waals surface area contributed by atoms with Crippen molar-refractivity contribution in [3.63, 3.8) is 0 Å². The molecule has 104 valence electrons. The van der Waals surface area contributed by atoms with Crippen LogP contribution < -0.4 is 0 Å². The molecule has 1 heteroatoms. The fourth-order valence-corrected chi connectivity index (χ4v) is 2.13. The van der Waals surface area contributed by atoms with Crippen molar-refractivity contribution in [3.05, 3.63) is 0 Å². The van der Waals surface area contributed by atoms with Crippen LogP contribution in [0.25, 0.3) is 0 Å². The zero-order chi connectivity index (χ0) is 12.8. The molecule has 0 rings (SSSR count). The van der Waals surface area contributed by atoms with E-state index in [2.05, 4.69) is 20.8 Å². The molecule has 0 bridgehead atoms. The van der Waals surface area contributed by atoms with Gasteiger partial charge >= 0.3 is 0 Å². The highest BCUT2D eigenvalue weighted by Crippen LogP contribution is 2.13. The Bertz CT molecular complexity index is 133. The van der Waals surface area contributed by atoms with E-state index in [-0.39, 0.29) is 0 Å². The molecule has 0 radical (unpaired) electrons. The van der Waals surface area contributed by atoms with Crippen LogP contribution >= 0.6 is 0 Å². The first kappa shape index (κ1) is 17.0. The summed E-state index contributed by atoms with van der Waals surface area (Å²) >= 11 is 0. The lowest BCUT2D eigenvalue weighted by Gasteiger charge is -2.14. The summed E-state index contributed by atoms with van der Waals surface area (Å²) in [4.78, 5) is 0. The normalized spacial score (nSPS) is 12.9. The molecular weight excluding hydrogens is 208 g/mol. The summed E-state index contributed by atoms with van der Waals surface area (Å²) in [6, 6.07) is 0. The van der Waals surface area contributed by atoms with Crippen LogP contribution in [0.3, 0.4) is 0 Å². The first-order valence-electron chi connectivity index (χ1n) is 7.92. The molecule has 0 aliphatic heterocycles. The van der Waals surface area contributed by atoms with Crippen LogP contribution in [0.5, 0.6) is 0 Å². The predicted octanol–water partition coefficient (Wildman–Crippen LogP) is 5.58.